The second kappa shape index (κ2) is 45.8. The highest BCUT2D eigenvalue weighted by molar-refractivity contribution is 5.76. The number of carbonyl (C=O) groups excluding carboxylic acids is 1. The largest absolute Gasteiger partial charge is 0.394 e. The van der Waals surface area contributed by atoms with E-state index in [1.807, 2.05) is 6.08 Å². The molecule has 0 radical (unpaired) electrons. The van der Waals surface area contributed by atoms with Crippen LogP contribution in [0, 0.1) is 0 Å². The Kier molecular flexibility index (Phi) is 41.7. The van der Waals surface area contributed by atoms with Gasteiger partial charge in [0.2, 0.25) is 5.91 Å². The number of amides is 1. The predicted molar refractivity (Wildman–Crippen MR) is 310 cm³/mol. The Hall–Kier alpha value is -1.47. The summed E-state index contributed by atoms with van der Waals surface area (Å²) in [5.41, 5.74) is 0. The summed E-state index contributed by atoms with van der Waals surface area (Å²) in [5.74, 6) is -0.275. The van der Waals surface area contributed by atoms with Crippen molar-refractivity contribution in [2.75, 3.05) is 26.4 Å². The summed E-state index contributed by atoms with van der Waals surface area (Å²) >= 11 is 0. The maximum Gasteiger partial charge on any atom is 0.220 e. The molecule has 3 fully saturated rings. The zero-order chi connectivity index (χ0) is 59.0. The molecule has 3 rings (SSSR count). The van der Waals surface area contributed by atoms with Gasteiger partial charge in [-0.1, -0.05) is 231 Å². The third kappa shape index (κ3) is 29.2. The molecule has 478 valence electrons. The van der Waals surface area contributed by atoms with Crippen LogP contribution in [0.25, 0.3) is 0 Å². The Labute approximate surface area is 486 Å². The van der Waals surface area contributed by atoms with E-state index in [9.17, 15) is 61.0 Å². The first-order valence-corrected chi connectivity index (χ1v) is 32.4. The summed E-state index contributed by atoms with van der Waals surface area (Å²) in [6.45, 7) is 1.71. The molecule has 0 bridgehead atoms. The van der Waals surface area contributed by atoms with Crippen LogP contribution in [-0.4, -0.2) is 193 Å². The normalized spacial score (nSPS) is 29.8. The van der Waals surface area contributed by atoms with Crippen LogP contribution in [0.4, 0.5) is 0 Å². The van der Waals surface area contributed by atoms with Gasteiger partial charge in [0.15, 0.2) is 18.9 Å². The molecular weight excluding hydrogens is 1050 g/mol. The van der Waals surface area contributed by atoms with Crippen molar-refractivity contribution >= 4 is 5.91 Å². The minimum atomic E-state index is -1.97. The standard InChI is InChI=1S/C62H117NO18/c1-3-5-7-9-11-13-15-17-18-19-20-21-22-23-24-25-26-28-30-32-34-36-38-40-50(68)63-45(46(67)39-37-35-33-31-29-27-16-14-12-10-8-6-4-2)44-76-60-56(74)54(72)58(49(43-66)79-60)80-62-57(75)59(52(70)48(42-65)78-62)81-61-55(73)53(71)51(69)47(41-64)77-61/h37,39,45-49,51-62,64-67,69-75H,3-36,38,40-44H2,1-2H3,(H,63,68)/b39-37+/t45-,46+,47+,48+,49+,51-,52-,53-,54+,55+,56+,57+,58+,59+,60+,61+,62-/m0/s1. The number of allylic oxidation sites excluding steroid dienone is 1. The van der Waals surface area contributed by atoms with Gasteiger partial charge in [-0.3, -0.25) is 4.79 Å². The van der Waals surface area contributed by atoms with Gasteiger partial charge in [0.25, 0.3) is 0 Å². The molecule has 17 atom stereocenters. The summed E-state index contributed by atoms with van der Waals surface area (Å²) < 4.78 is 34.3. The lowest BCUT2D eigenvalue weighted by atomic mass is 9.96. The monoisotopic (exact) mass is 1160 g/mol. The molecule has 3 aliphatic heterocycles. The van der Waals surface area contributed by atoms with Gasteiger partial charge in [0, 0.05) is 6.42 Å². The molecule has 19 heteroatoms. The van der Waals surface area contributed by atoms with Crippen molar-refractivity contribution in [1.29, 1.82) is 0 Å². The van der Waals surface area contributed by atoms with E-state index >= 15 is 0 Å². The minimum absolute atomic E-state index is 0.245. The van der Waals surface area contributed by atoms with Crippen LogP contribution in [0.2, 0.25) is 0 Å². The minimum Gasteiger partial charge on any atom is -0.394 e. The highest BCUT2D eigenvalue weighted by Gasteiger charge is 2.54. The van der Waals surface area contributed by atoms with Crippen molar-refractivity contribution in [2.45, 2.75) is 349 Å². The van der Waals surface area contributed by atoms with Gasteiger partial charge < -0.3 is 89.9 Å². The lowest BCUT2D eigenvalue weighted by Crippen LogP contribution is -2.67. The van der Waals surface area contributed by atoms with E-state index in [-0.39, 0.29) is 18.9 Å². The molecule has 0 aromatic rings. The first-order valence-electron chi connectivity index (χ1n) is 32.4. The van der Waals surface area contributed by atoms with Gasteiger partial charge in [0.05, 0.1) is 38.6 Å². The second-order valence-electron chi connectivity index (χ2n) is 23.6. The lowest BCUT2D eigenvalue weighted by Gasteiger charge is -2.48. The number of aliphatic hydroxyl groups excluding tert-OH is 11. The van der Waals surface area contributed by atoms with Crippen LogP contribution in [-0.2, 0) is 33.2 Å². The predicted octanol–water partition coefficient (Wildman–Crippen LogP) is 6.94. The number of hydrogen-bond acceptors (Lipinski definition) is 18. The van der Waals surface area contributed by atoms with Gasteiger partial charge in [0.1, 0.15) is 73.2 Å². The summed E-state index contributed by atoms with van der Waals surface area (Å²) in [6.07, 6.45) is 20.2. The number of aliphatic hydroxyl groups is 11. The van der Waals surface area contributed by atoms with Crippen molar-refractivity contribution in [2.24, 2.45) is 0 Å². The van der Waals surface area contributed by atoms with Crippen LogP contribution in [0.15, 0.2) is 12.2 Å². The SMILES string of the molecule is CCCCCCCCCCCCC/C=C/[C@@H](O)[C@H](CO[C@@H]1O[C@H](CO)[C@@H](O[C@@H]2O[C@H](CO)[C@H](O)[C@@H](O[C@H]3O[C@H](CO)[C@H](O)[C@H](O)[C@H]3O)[C@H]2O)[C@H](O)[C@H]1O)NC(=O)CCCCCCCCCCCCCCCCCCCCCCCCC. The van der Waals surface area contributed by atoms with E-state index in [1.54, 1.807) is 6.08 Å². The van der Waals surface area contributed by atoms with E-state index in [0.29, 0.717) is 6.42 Å². The number of nitrogens with one attached hydrogen (secondary N) is 1. The maximum absolute atomic E-state index is 13.4. The molecule has 0 saturated carbocycles. The molecule has 12 N–H and O–H groups in total. The first-order chi connectivity index (χ1) is 39.3. The Bertz CT molecular complexity index is 1530. The Balaban J connectivity index is 1.46. The highest BCUT2D eigenvalue weighted by Crippen LogP contribution is 2.33. The zero-order valence-electron chi connectivity index (χ0n) is 50.0. The molecule has 0 aromatic heterocycles. The van der Waals surface area contributed by atoms with Gasteiger partial charge >= 0.3 is 0 Å². The Morgan fingerprint density at radius 2 is 0.802 bits per heavy atom. The topological polar surface area (TPSA) is 307 Å². The number of rotatable bonds is 49. The summed E-state index contributed by atoms with van der Waals surface area (Å²) in [4.78, 5) is 13.4. The molecule has 0 aliphatic carbocycles. The molecule has 3 saturated heterocycles. The van der Waals surface area contributed by atoms with Gasteiger partial charge in [-0.2, -0.15) is 0 Å². The van der Waals surface area contributed by atoms with Crippen LogP contribution >= 0.6 is 0 Å². The third-order valence-corrected chi connectivity index (χ3v) is 16.6. The average molecular weight is 1160 g/mol. The number of ether oxygens (including phenoxy) is 6. The number of carbonyl (C=O) groups is 1. The summed E-state index contributed by atoms with van der Waals surface area (Å²) in [6, 6.07) is -0.974. The van der Waals surface area contributed by atoms with Gasteiger partial charge in [-0.15, -0.1) is 0 Å². The van der Waals surface area contributed by atoms with Crippen molar-refractivity contribution in [3.05, 3.63) is 12.2 Å². The van der Waals surface area contributed by atoms with E-state index in [0.717, 1.165) is 44.9 Å². The summed E-state index contributed by atoms with van der Waals surface area (Å²) in [7, 11) is 0. The molecule has 19 nitrogen and oxygen atoms in total. The fourth-order valence-electron chi connectivity index (χ4n) is 11.2. The fourth-order valence-corrected chi connectivity index (χ4v) is 11.2. The van der Waals surface area contributed by atoms with Crippen molar-refractivity contribution in [1.82, 2.24) is 5.32 Å². The number of unbranched alkanes of at least 4 members (excludes halogenated alkanes) is 33. The molecule has 3 aliphatic rings. The molecule has 3 heterocycles. The smallest absolute Gasteiger partial charge is 0.220 e. The molecule has 81 heavy (non-hydrogen) atoms. The van der Waals surface area contributed by atoms with Crippen molar-refractivity contribution in [3.63, 3.8) is 0 Å². The van der Waals surface area contributed by atoms with Crippen LogP contribution < -0.4 is 5.32 Å². The van der Waals surface area contributed by atoms with E-state index in [2.05, 4.69) is 19.2 Å². The van der Waals surface area contributed by atoms with E-state index < -0.39 is 124 Å². The van der Waals surface area contributed by atoms with Crippen LogP contribution in [0.3, 0.4) is 0 Å². The lowest BCUT2D eigenvalue weighted by molar-refractivity contribution is -0.380. The highest BCUT2D eigenvalue weighted by atomic mass is 16.8. The third-order valence-electron chi connectivity index (χ3n) is 16.6. The van der Waals surface area contributed by atoms with Crippen molar-refractivity contribution < 1.29 is 89.4 Å². The first kappa shape index (κ1) is 73.8. The van der Waals surface area contributed by atoms with E-state index in [4.69, 9.17) is 28.4 Å². The molecule has 1 amide bonds. The average Bonchev–Trinajstić information content (AvgIpc) is 3.46. The molecule has 0 aromatic carbocycles. The maximum atomic E-state index is 13.4. The second-order valence-corrected chi connectivity index (χ2v) is 23.6. The van der Waals surface area contributed by atoms with Crippen LogP contribution in [0.1, 0.15) is 245 Å². The molecular formula is C62H117NO18. The van der Waals surface area contributed by atoms with Crippen molar-refractivity contribution in [3.8, 4) is 0 Å². The van der Waals surface area contributed by atoms with E-state index in [1.165, 1.54) is 173 Å². The summed E-state index contributed by atoms with van der Waals surface area (Å²) in [5, 5.41) is 120. The Morgan fingerprint density at radius 3 is 1.25 bits per heavy atom. The van der Waals surface area contributed by atoms with Crippen LogP contribution in [0.5, 0.6) is 0 Å². The Morgan fingerprint density at radius 1 is 0.432 bits per heavy atom. The number of hydrogen-bond donors (Lipinski definition) is 12. The molecule has 0 spiro atoms. The van der Waals surface area contributed by atoms with Gasteiger partial charge in [-0.05, 0) is 19.3 Å². The van der Waals surface area contributed by atoms with Gasteiger partial charge in [-0.25, -0.2) is 0 Å². The zero-order valence-corrected chi connectivity index (χ0v) is 50.0. The fraction of sp³-hybridized carbons (Fsp3) is 0.952. The quantitative estimate of drug-likeness (QED) is 0.0217. The molecule has 0 unspecified atom stereocenters.